The van der Waals surface area contributed by atoms with Gasteiger partial charge >= 0.3 is 0 Å². The fraction of sp³-hybridized carbons (Fsp3) is 0.333. The lowest BCUT2D eigenvalue weighted by atomic mass is 10.1. The Morgan fingerprint density at radius 1 is 1.38 bits per heavy atom. The molecule has 0 atom stereocenters. The van der Waals surface area contributed by atoms with E-state index in [9.17, 15) is 0 Å². The first-order valence-corrected chi connectivity index (χ1v) is 6.25. The molecule has 0 aliphatic rings. The summed E-state index contributed by atoms with van der Waals surface area (Å²) in [5.41, 5.74) is 7.85. The zero-order chi connectivity index (χ0) is 11.5. The van der Waals surface area contributed by atoms with Crippen LogP contribution in [0.2, 0.25) is 0 Å². The number of anilines is 1. The van der Waals surface area contributed by atoms with Gasteiger partial charge in [0.2, 0.25) is 0 Å². The molecule has 16 heavy (non-hydrogen) atoms. The summed E-state index contributed by atoms with van der Waals surface area (Å²) in [5, 5.41) is 4.05. The summed E-state index contributed by atoms with van der Waals surface area (Å²) in [6, 6.07) is 3.87. The van der Waals surface area contributed by atoms with Crippen LogP contribution in [0.1, 0.15) is 19.5 Å². The number of rotatable bonds is 3. The summed E-state index contributed by atoms with van der Waals surface area (Å²) in [6.07, 6.45) is 0.934. The van der Waals surface area contributed by atoms with Crippen molar-refractivity contribution in [1.82, 2.24) is 9.97 Å². The summed E-state index contributed by atoms with van der Waals surface area (Å²) < 4.78 is 0. The Bertz CT molecular complexity index is 463. The minimum absolute atomic E-state index is 0.548. The molecule has 0 aromatic carbocycles. The monoisotopic (exact) mass is 233 g/mol. The Morgan fingerprint density at radius 2 is 2.19 bits per heavy atom. The Hall–Kier alpha value is -1.42. The van der Waals surface area contributed by atoms with Gasteiger partial charge in [-0.25, -0.2) is 9.97 Å². The van der Waals surface area contributed by atoms with E-state index in [0.717, 1.165) is 23.5 Å². The van der Waals surface area contributed by atoms with Gasteiger partial charge in [-0.2, -0.15) is 11.3 Å². The average Bonchev–Trinajstić information content (AvgIpc) is 2.67. The molecule has 0 bridgehead atoms. The number of nitrogens with two attached hydrogens (primary N) is 1. The van der Waals surface area contributed by atoms with Gasteiger partial charge in [0.25, 0.3) is 0 Å². The second-order valence-electron chi connectivity index (χ2n) is 4.22. The first kappa shape index (κ1) is 11.1. The molecule has 0 fully saturated rings. The van der Waals surface area contributed by atoms with Crippen LogP contribution in [0.3, 0.4) is 0 Å². The van der Waals surface area contributed by atoms with Gasteiger partial charge in [-0.3, -0.25) is 0 Å². The molecule has 3 nitrogen and oxygen atoms in total. The van der Waals surface area contributed by atoms with Crippen molar-refractivity contribution in [3.05, 3.63) is 28.6 Å². The molecule has 2 aromatic heterocycles. The summed E-state index contributed by atoms with van der Waals surface area (Å²) >= 11 is 1.64. The van der Waals surface area contributed by atoms with E-state index in [1.807, 2.05) is 22.9 Å². The smallest absolute Gasteiger partial charge is 0.162 e. The van der Waals surface area contributed by atoms with Gasteiger partial charge in [-0.15, -0.1) is 0 Å². The molecule has 2 rings (SSSR count). The Morgan fingerprint density at radius 3 is 2.81 bits per heavy atom. The maximum Gasteiger partial charge on any atom is 0.162 e. The van der Waals surface area contributed by atoms with E-state index in [1.165, 1.54) is 0 Å². The van der Waals surface area contributed by atoms with Gasteiger partial charge in [0, 0.05) is 22.7 Å². The quantitative estimate of drug-likeness (QED) is 0.886. The van der Waals surface area contributed by atoms with E-state index in [1.54, 1.807) is 11.3 Å². The van der Waals surface area contributed by atoms with Crippen LogP contribution in [-0.2, 0) is 6.42 Å². The van der Waals surface area contributed by atoms with E-state index in [4.69, 9.17) is 5.73 Å². The minimum Gasteiger partial charge on any atom is -0.384 e. The van der Waals surface area contributed by atoms with Gasteiger partial charge in [-0.05, 0) is 23.8 Å². The number of nitrogens with zero attached hydrogens (tertiary/aromatic N) is 2. The van der Waals surface area contributed by atoms with E-state index in [2.05, 4.69) is 23.8 Å². The van der Waals surface area contributed by atoms with Gasteiger partial charge in [-0.1, -0.05) is 13.8 Å². The molecule has 2 N–H and O–H groups in total. The van der Waals surface area contributed by atoms with Crippen molar-refractivity contribution < 1.29 is 0 Å². The lowest BCUT2D eigenvalue weighted by Gasteiger charge is -2.06. The van der Waals surface area contributed by atoms with Crippen LogP contribution < -0.4 is 5.73 Å². The fourth-order valence-electron chi connectivity index (χ4n) is 1.56. The summed E-state index contributed by atoms with van der Waals surface area (Å²) in [5.74, 6) is 1.85. The normalized spacial score (nSPS) is 10.9. The SMILES string of the molecule is CC(C)Cc1cc(N)nc(-c2ccsc2)n1. The van der Waals surface area contributed by atoms with Gasteiger partial charge < -0.3 is 5.73 Å². The maximum atomic E-state index is 5.79. The largest absolute Gasteiger partial charge is 0.384 e. The number of hydrogen-bond acceptors (Lipinski definition) is 4. The van der Waals surface area contributed by atoms with Crippen molar-refractivity contribution >= 4 is 17.2 Å². The van der Waals surface area contributed by atoms with Crippen molar-refractivity contribution in [2.45, 2.75) is 20.3 Å². The van der Waals surface area contributed by atoms with Crippen molar-refractivity contribution in [2.24, 2.45) is 5.92 Å². The molecule has 0 spiro atoms. The number of nitrogen functional groups attached to an aromatic ring is 1. The van der Waals surface area contributed by atoms with E-state index >= 15 is 0 Å². The average molecular weight is 233 g/mol. The van der Waals surface area contributed by atoms with Crippen molar-refractivity contribution in [1.29, 1.82) is 0 Å². The molecule has 0 radical (unpaired) electrons. The highest BCUT2D eigenvalue weighted by molar-refractivity contribution is 7.08. The topological polar surface area (TPSA) is 51.8 Å². The molecule has 0 unspecified atom stereocenters. The molecular weight excluding hydrogens is 218 g/mol. The first-order chi connectivity index (χ1) is 7.65. The van der Waals surface area contributed by atoms with Crippen LogP contribution in [0.15, 0.2) is 22.9 Å². The standard InChI is InChI=1S/C12H15N3S/c1-8(2)5-10-6-11(13)15-12(14-10)9-3-4-16-7-9/h3-4,6-8H,5H2,1-2H3,(H2,13,14,15). The lowest BCUT2D eigenvalue weighted by molar-refractivity contribution is 0.635. The molecule has 0 saturated heterocycles. The van der Waals surface area contributed by atoms with Gasteiger partial charge in [0.1, 0.15) is 5.82 Å². The van der Waals surface area contributed by atoms with Crippen molar-refractivity contribution in [3.63, 3.8) is 0 Å². The molecule has 2 heterocycles. The van der Waals surface area contributed by atoms with Crippen molar-refractivity contribution in [3.8, 4) is 11.4 Å². The minimum atomic E-state index is 0.548. The number of thiophene rings is 1. The molecule has 4 heteroatoms. The number of aromatic nitrogens is 2. The zero-order valence-electron chi connectivity index (χ0n) is 9.47. The molecule has 0 aliphatic carbocycles. The van der Waals surface area contributed by atoms with Crippen LogP contribution in [-0.4, -0.2) is 9.97 Å². The third-order valence-corrected chi connectivity index (χ3v) is 2.88. The Labute approximate surface area is 99.4 Å². The predicted molar refractivity (Wildman–Crippen MR) is 68.3 cm³/mol. The highest BCUT2D eigenvalue weighted by Gasteiger charge is 2.07. The fourth-order valence-corrected chi connectivity index (χ4v) is 2.20. The third-order valence-electron chi connectivity index (χ3n) is 2.20. The Kier molecular flexibility index (Phi) is 3.19. The summed E-state index contributed by atoms with van der Waals surface area (Å²) in [7, 11) is 0. The zero-order valence-corrected chi connectivity index (χ0v) is 10.3. The van der Waals surface area contributed by atoms with E-state index in [-0.39, 0.29) is 0 Å². The first-order valence-electron chi connectivity index (χ1n) is 5.31. The summed E-state index contributed by atoms with van der Waals surface area (Å²) in [6.45, 7) is 4.34. The third kappa shape index (κ3) is 2.58. The van der Waals surface area contributed by atoms with Gasteiger partial charge in [0.15, 0.2) is 5.82 Å². The van der Waals surface area contributed by atoms with Crippen LogP contribution >= 0.6 is 11.3 Å². The second kappa shape index (κ2) is 4.61. The molecule has 84 valence electrons. The van der Waals surface area contributed by atoms with Crippen LogP contribution in [0.25, 0.3) is 11.4 Å². The van der Waals surface area contributed by atoms with Crippen molar-refractivity contribution in [2.75, 3.05) is 5.73 Å². The van der Waals surface area contributed by atoms with Crippen LogP contribution in [0.5, 0.6) is 0 Å². The molecule has 2 aromatic rings. The Balaban J connectivity index is 2.36. The van der Waals surface area contributed by atoms with E-state index < -0.39 is 0 Å². The second-order valence-corrected chi connectivity index (χ2v) is 5.00. The summed E-state index contributed by atoms with van der Waals surface area (Å²) in [4.78, 5) is 8.79. The molecule has 0 saturated carbocycles. The van der Waals surface area contributed by atoms with E-state index in [0.29, 0.717) is 11.7 Å². The maximum absolute atomic E-state index is 5.79. The van der Waals surface area contributed by atoms with Crippen LogP contribution in [0.4, 0.5) is 5.82 Å². The lowest BCUT2D eigenvalue weighted by Crippen LogP contribution is -2.03. The van der Waals surface area contributed by atoms with Crippen LogP contribution in [0, 0.1) is 5.92 Å². The predicted octanol–water partition coefficient (Wildman–Crippen LogP) is 2.99. The molecule has 0 amide bonds. The number of hydrogen-bond donors (Lipinski definition) is 1. The molecule has 0 aliphatic heterocycles. The highest BCUT2D eigenvalue weighted by atomic mass is 32.1. The molecular formula is C12H15N3S. The van der Waals surface area contributed by atoms with Gasteiger partial charge in [0.05, 0.1) is 0 Å². The highest BCUT2D eigenvalue weighted by Crippen LogP contribution is 2.20.